The maximum atomic E-state index is 11.7. The highest BCUT2D eigenvalue weighted by Crippen LogP contribution is 2.05. The molecule has 2 rings (SSSR count). The number of carbonyl (C=O) groups excluding carboxylic acids is 1. The molecular formula is C11H9N3O2. The second-order valence-corrected chi connectivity index (χ2v) is 3.14. The highest BCUT2D eigenvalue weighted by Gasteiger charge is 2.08. The van der Waals surface area contributed by atoms with Gasteiger partial charge in [-0.3, -0.25) is 9.78 Å². The molecule has 0 aliphatic heterocycles. The smallest absolute Gasteiger partial charge is 0.261 e. The topological polar surface area (TPSA) is 68.9 Å². The minimum absolute atomic E-state index is 0.314. The molecule has 0 unspecified atom stereocenters. The van der Waals surface area contributed by atoms with Crippen molar-refractivity contribution in [3.63, 3.8) is 0 Å². The molecule has 5 heteroatoms. The number of nitrogens with one attached hydrogen (secondary N) is 1. The predicted molar refractivity (Wildman–Crippen MR) is 57.6 cm³/mol. The third-order valence-electron chi connectivity index (χ3n) is 1.98. The molecule has 80 valence electrons. The van der Waals surface area contributed by atoms with Crippen molar-refractivity contribution in [3.8, 4) is 0 Å². The molecular weight excluding hydrogens is 206 g/mol. The molecule has 0 aliphatic rings. The summed E-state index contributed by atoms with van der Waals surface area (Å²) in [5.41, 5.74) is 0.954. The molecule has 0 aromatic carbocycles. The molecule has 16 heavy (non-hydrogen) atoms. The minimum Gasteiger partial charge on any atom is -0.619 e. The normalized spacial score (nSPS) is 9.75. The van der Waals surface area contributed by atoms with Gasteiger partial charge in [-0.2, -0.15) is 4.73 Å². The summed E-state index contributed by atoms with van der Waals surface area (Å²) in [4.78, 5) is 15.5. The van der Waals surface area contributed by atoms with Crippen LogP contribution in [-0.2, 0) is 0 Å². The van der Waals surface area contributed by atoms with Crippen LogP contribution >= 0.6 is 0 Å². The van der Waals surface area contributed by atoms with Gasteiger partial charge in [-0.25, -0.2) is 0 Å². The summed E-state index contributed by atoms with van der Waals surface area (Å²) in [7, 11) is 0. The Morgan fingerprint density at radius 1 is 1.31 bits per heavy atom. The van der Waals surface area contributed by atoms with Crippen molar-refractivity contribution < 1.29 is 9.52 Å². The van der Waals surface area contributed by atoms with E-state index in [0.29, 0.717) is 16.0 Å². The van der Waals surface area contributed by atoms with Gasteiger partial charge in [0.25, 0.3) is 5.91 Å². The second-order valence-electron chi connectivity index (χ2n) is 3.14. The summed E-state index contributed by atoms with van der Waals surface area (Å²) in [5, 5.41) is 13.6. The van der Waals surface area contributed by atoms with E-state index in [1.165, 1.54) is 18.5 Å². The molecule has 2 aromatic heterocycles. The number of carbonyl (C=O) groups is 1. The molecule has 1 N–H and O–H groups in total. The highest BCUT2D eigenvalue weighted by molar-refractivity contribution is 6.03. The van der Waals surface area contributed by atoms with Crippen molar-refractivity contribution in [1.29, 1.82) is 0 Å². The van der Waals surface area contributed by atoms with Crippen LogP contribution < -0.4 is 10.0 Å². The summed E-state index contributed by atoms with van der Waals surface area (Å²) in [6.45, 7) is 0. The first-order valence-corrected chi connectivity index (χ1v) is 4.66. The van der Waals surface area contributed by atoms with Crippen molar-refractivity contribution in [2.45, 2.75) is 0 Å². The van der Waals surface area contributed by atoms with Gasteiger partial charge in [-0.15, -0.1) is 0 Å². The van der Waals surface area contributed by atoms with Crippen LogP contribution in [0.3, 0.4) is 0 Å². The van der Waals surface area contributed by atoms with Crippen molar-refractivity contribution in [3.05, 3.63) is 59.8 Å². The van der Waals surface area contributed by atoms with Crippen molar-refractivity contribution >= 4 is 11.6 Å². The number of pyridine rings is 2. The Hall–Kier alpha value is -2.43. The number of hydrogen-bond acceptors (Lipinski definition) is 3. The largest absolute Gasteiger partial charge is 0.619 e. The molecule has 2 aromatic rings. The Morgan fingerprint density at radius 3 is 2.75 bits per heavy atom. The van der Waals surface area contributed by atoms with E-state index in [-0.39, 0.29) is 5.91 Å². The SMILES string of the molecule is O=C(Nc1ccncc1)c1ccc[n+]([O-])c1. The van der Waals surface area contributed by atoms with Crippen molar-refractivity contribution in [1.82, 2.24) is 4.98 Å². The molecule has 0 saturated heterocycles. The third-order valence-corrected chi connectivity index (χ3v) is 1.98. The number of anilines is 1. The first-order chi connectivity index (χ1) is 7.75. The Kier molecular flexibility index (Phi) is 2.77. The van der Waals surface area contributed by atoms with Crippen LogP contribution in [0.15, 0.2) is 49.1 Å². The van der Waals surface area contributed by atoms with Crippen LogP contribution in [0.4, 0.5) is 5.69 Å². The molecule has 0 atom stereocenters. The van der Waals surface area contributed by atoms with Crippen LogP contribution in [0, 0.1) is 5.21 Å². The lowest BCUT2D eigenvalue weighted by atomic mass is 10.2. The van der Waals surface area contributed by atoms with E-state index < -0.39 is 0 Å². The lowest BCUT2D eigenvalue weighted by Gasteiger charge is -2.03. The van der Waals surface area contributed by atoms with E-state index in [1.807, 2.05) is 0 Å². The van der Waals surface area contributed by atoms with Crippen LogP contribution in [0.25, 0.3) is 0 Å². The number of amides is 1. The predicted octanol–water partition coefficient (Wildman–Crippen LogP) is 0.967. The van der Waals surface area contributed by atoms with Gasteiger partial charge in [-0.1, -0.05) is 0 Å². The zero-order valence-electron chi connectivity index (χ0n) is 8.33. The van der Waals surface area contributed by atoms with Crippen LogP contribution in [0.1, 0.15) is 10.4 Å². The van der Waals surface area contributed by atoms with E-state index in [0.717, 1.165) is 0 Å². The molecule has 0 radical (unpaired) electrons. The van der Waals surface area contributed by atoms with Gasteiger partial charge >= 0.3 is 0 Å². The number of aromatic nitrogens is 2. The zero-order valence-corrected chi connectivity index (χ0v) is 8.33. The summed E-state index contributed by atoms with van der Waals surface area (Å²) in [6.07, 6.45) is 5.70. The van der Waals surface area contributed by atoms with Crippen LogP contribution in [0.2, 0.25) is 0 Å². The average molecular weight is 215 g/mol. The van der Waals surface area contributed by atoms with E-state index in [4.69, 9.17) is 0 Å². The molecule has 5 nitrogen and oxygen atoms in total. The van der Waals surface area contributed by atoms with E-state index in [2.05, 4.69) is 10.3 Å². The number of rotatable bonds is 2. The third kappa shape index (κ3) is 2.33. The Bertz CT molecular complexity index is 500. The maximum Gasteiger partial charge on any atom is 0.261 e. The number of hydrogen-bond donors (Lipinski definition) is 1. The first-order valence-electron chi connectivity index (χ1n) is 4.66. The molecule has 2 heterocycles. The molecule has 0 aliphatic carbocycles. The van der Waals surface area contributed by atoms with Crippen molar-refractivity contribution in [2.75, 3.05) is 5.32 Å². The zero-order chi connectivity index (χ0) is 11.4. The fourth-order valence-electron chi connectivity index (χ4n) is 1.23. The fourth-order valence-corrected chi connectivity index (χ4v) is 1.23. The van der Waals surface area contributed by atoms with Gasteiger partial charge in [0.2, 0.25) is 0 Å². The summed E-state index contributed by atoms with van der Waals surface area (Å²) < 4.78 is 0.585. The van der Waals surface area contributed by atoms with Gasteiger partial charge in [0.1, 0.15) is 5.56 Å². The Balaban J connectivity index is 2.15. The quantitative estimate of drug-likeness (QED) is 0.599. The van der Waals surface area contributed by atoms with E-state index in [9.17, 15) is 10.0 Å². The summed E-state index contributed by atoms with van der Waals surface area (Å²) in [6, 6.07) is 6.44. The minimum atomic E-state index is -0.323. The number of nitrogens with zero attached hydrogens (tertiary/aromatic N) is 2. The molecule has 0 bridgehead atoms. The lowest BCUT2D eigenvalue weighted by molar-refractivity contribution is -0.605. The Morgan fingerprint density at radius 2 is 2.06 bits per heavy atom. The summed E-state index contributed by atoms with van der Waals surface area (Å²) >= 11 is 0. The lowest BCUT2D eigenvalue weighted by Crippen LogP contribution is -2.27. The molecule has 0 spiro atoms. The Labute approximate surface area is 92.0 Å². The van der Waals surface area contributed by atoms with Gasteiger partial charge in [0.05, 0.1) is 0 Å². The molecule has 1 amide bonds. The highest BCUT2D eigenvalue weighted by atomic mass is 16.5. The van der Waals surface area contributed by atoms with Gasteiger partial charge < -0.3 is 10.5 Å². The monoisotopic (exact) mass is 215 g/mol. The average Bonchev–Trinajstić information content (AvgIpc) is 2.30. The van der Waals surface area contributed by atoms with Gasteiger partial charge in [0, 0.05) is 24.1 Å². The summed E-state index contributed by atoms with van der Waals surface area (Å²) in [5.74, 6) is -0.323. The van der Waals surface area contributed by atoms with Crippen LogP contribution in [0.5, 0.6) is 0 Å². The van der Waals surface area contributed by atoms with Gasteiger partial charge in [0.15, 0.2) is 12.4 Å². The van der Waals surface area contributed by atoms with Crippen molar-refractivity contribution in [2.24, 2.45) is 0 Å². The van der Waals surface area contributed by atoms with E-state index in [1.54, 1.807) is 30.6 Å². The maximum absolute atomic E-state index is 11.7. The standard InChI is InChI=1S/C11H9N3O2/c15-11(9-2-1-7-14(16)8-9)13-10-3-5-12-6-4-10/h1-8H,(H,12,13,15). The molecule has 0 fully saturated rings. The fraction of sp³-hybridized carbons (Fsp3) is 0. The molecule has 0 saturated carbocycles. The van der Waals surface area contributed by atoms with Gasteiger partial charge in [-0.05, 0) is 18.2 Å². The second kappa shape index (κ2) is 4.39. The van der Waals surface area contributed by atoms with Crippen LogP contribution in [-0.4, -0.2) is 10.9 Å². The first kappa shape index (κ1) is 10.1. The van der Waals surface area contributed by atoms with E-state index >= 15 is 0 Å².